The molecule has 2 aromatic heterocycles. The van der Waals surface area contributed by atoms with Gasteiger partial charge < -0.3 is 14.5 Å². The predicted octanol–water partition coefficient (Wildman–Crippen LogP) is 0.580. The number of amides is 1. The van der Waals surface area contributed by atoms with Crippen LogP contribution in [-0.4, -0.2) is 65.6 Å². The number of thiazole rings is 1. The minimum atomic E-state index is -0.363. The van der Waals surface area contributed by atoms with E-state index >= 15 is 0 Å². The van der Waals surface area contributed by atoms with E-state index in [1.807, 2.05) is 13.1 Å². The molecule has 0 bridgehead atoms. The van der Waals surface area contributed by atoms with E-state index in [0.29, 0.717) is 39.4 Å². The smallest absolute Gasteiger partial charge is 0.273 e. The monoisotopic (exact) mass is 461 g/mol. The van der Waals surface area contributed by atoms with Crippen LogP contribution in [0.4, 0.5) is 0 Å². The molecule has 1 saturated heterocycles. The number of aromatic nitrogens is 2. The number of carbonyl (C=O) groups is 1. The van der Waals surface area contributed by atoms with Crippen LogP contribution < -0.4 is 19.5 Å². The predicted molar refractivity (Wildman–Crippen MR) is 127 cm³/mol. The lowest BCUT2D eigenvalue weighted by molar-refractivity contribution is -0.126. The van der Waals surface area contributed by atoms with Crippen LogP contribution in [-0.2, 0) is 4.79 Å². The van der Waals surface area contributed by atoms with Crippen molar-refractivity contribution in [2.24, 2.45) is 0 Å². The Kier molecular flexibility index (Phi) is 6.68. The summed E-state index contributed by atoms with van der Waals surface area (Å²) < 4.78 is 7.34. The van der Waals surface area contributed by atoms with Gasteiger partial charge in [0, 0.05) is 32.4 Å². The molecule has 3 heterocycles. The SMILES string of the molecule is COc1ccc(-n2c(=O)/c(=C/c3ccccn3)s/c2=C(/C#N)C(=O)N2CCN(C)CC2)cc1. The second-order valence-corrected chi connectivity index (χ2v) is 8.62. The summed E-state index contributed by atoms with van der Waals surface area (Å²) in [6.45, 7) is 2.54. The Hall–Kier alpha value is -3.74. The van der Waals surface area contributed by atoms with Gasteiger partial charge in [0.05, 0.1) is 23.0 Å². The number of nitrogens with zero attached hydrogens (tertiary/aromatic N) is 5. The largest absolute Gasteiger partial charge is 0.497 e. The van der Waals surface area contributed by atoms with Crippen LogP contribution in [0.3, 0.4) is 0 Å². The number of rotatable bonds is 4. The number of methoxy groups -OCH3 is 1. The lowest BCUT2D eigenvalue weighted by Crippen LogP contribution is -2.48. The highest BCUT2D eigenvalue weighted by Crippen LogP contribution is 2.13. The summed E-state index contributed by atoms with van der Waals surface area (Å²) in [7, 11) is 3.56. The molecule has 8 nitrogen and oxygen atoms in total. The summed E-state index contributed by atoms with van der Waals surface area (Å²) in [6.07, 6.45) is 3.32. The summed E-state index contributed by atoms with van der Waals surface area (Å²) in [5, 5.41) is 9.98. The summed E-state index contributed by atoms with van der Waals surface area (Å²) >= 11 is 1.12. The molecule has 33 heavy (non-hydrogen) atoms. The molecule has 3 aromatic rings. The molecule has 0 saturated carbocycles. The second kappa shape index (κ2) is 9.81. The van der Waals surface area contributed by atoms with Gasteiger partial charge in [-0.2, -0.15) is 5.26 Å². The van der Waals surface area contributed by atoms with Gasteiger partial charge >= 0.3 is 0 Å². The molecule has 0 spiro atoms. The fraction of sp³-hybridized carbons (Fsp3) is 0.250. The maximum Gasteiger partial charge on any atom is 0.273 e. The minimum Gasteiger partial charge on any atom is -0.497 e. The second-order valence-electron chi connectivity index (χ2n) is 7.59. The molecule has 1 amide bonds. The van der Waals surface area contributed by atoms with Crippen molar-refractivity contribution in [2.45, 2.75) is 0 Å². The van der Waals surface area contributed by atoms with Crippen molar-refractivity contribution in [1.82, 2.24) is 19.4 Å². The Balaban J connectivity index is 1.94. The van der Waals surface area contributed by atoms with E-state index in [2.05, 4.69) is 16.0 Å². The molecule has 0 unspecified atom stereocenters. The topological polar surface area (TPSA) is 91.5 Å². The number of piperazine rings is 1. The van der Waals surface area contributed by atoms with Gasteiger partial charge in [-0.05, 0) is 49.5 Å². The molecule has 168 valence electrons. The number of likely N-dealkylation sites (N-methyl/N-ethyl adjacent to an activating group) is 1. The lowest BCUT2D eigenvalue weighted by Gasteiger charge is -2.32. The van der Waals surface area contributed by atoms with Crippen molar-refractivity contribution in [3.05, 3.63) is 73.9 Å². The maximum atomic E-state index is 13.4. The van der Waals surface area contributed by atoms with Crippen LogP contribution in [0, 0.1) is 11.3 Å². The van der Waals surface area contributed by atoms with Gasteiger partial charge in [-0.3, -0.25) is 19.1 Å². The molecule has 0 aliphatic carbocycles. The van der Waals surface area contributed by atoms with Crippen LogP contribution in [0.5, 0.6) is 5.75 Å². The molecule has 1 fully saturated rings. The molecule has 0 atom stereocenters. The number of hydrogen-bond acceptors (Lipinski definition) is 7. The van der Waals surface area contributed by atoms with Crippen LogP contribution >= 0.6 is 11.3 Å². The first-order chi connectivity index (χ1) is 16.0. The molecule has 4 rings (SSSR count). The summed E-state index contributed by atoms with van der Waals surface area (Å²) in [6, 6.07) is 14.4. The zero-order valence-corrected chi connectivity index (χ0v) is 19.2. The third-order valence-electron chi connectivity index (χ3n) is 5.45. The number of nitriles is 1. The van der Waals surface area contributed by atoms with Crippen molar-refractivity contribution in [2.75, 3.05) is 40.3 Å². The lowest BCUT2D eigenvalue weighted by atomic mass is 10.2. The standard InChI is InChI=1S/C24H23N5O3S/c1-27-11-13-28(14-12-27)22(30)20(16-25)24-29(18-6-8-19(32-2)9-7-18)23(31)21(33-24)15-17-5-3-4-10-26-17/h3-10,15H,11-14H2,1-2H3/b21-15-,24-20-. The van der Waals surface area contributed by atoms with Crippen molar-refractivity contribution in [3.8, 4) is 17.5 Å². The Bertz CT molecular complexity index is 1360. The summed E-state index contributed by atoms with van der Waals surface area (Å²) in [5.74, 6) is 0.278. The first-order valence-electron chi connectivity index (χ1n) is 10.4. The van der Waals surface area contributed by atoms with Crippen LogP contribution in [0.15, 0.2) is 53.5 Å². The maximum absolute atomic E-state index is 13.4. The zero-order valence-electron chi connectivity index (χ0n) is 18.4. The van der Waals surface area contributed by atoms with Crippen molar-refractivity contribution >= 4 is 28.9 Å². The highest BCUT2D eigenvalue weighted by Gasteiger charge is 2.25. The van der Waals surface area contributed by atoms with E-state index in [1.165, 1.54) is 4.57 Å². The molecule has 1 aliphatic heterocycles. The minimum absolute atomic E-state index is 0.0434. The summed E-state index contributed by atoms with van der Waals surface area (Å²) in [4.78, 5) is 34.8. The average Bonchev–Trinajstić information content (AvgIpc) is 3.16. The first-order valence-corrected chi connectivity index (χ1v) is 11.2. The van der Waals surface area contributed by atoms with Gasteiger partial charge in [-0.1, -0.05) is 6.07 Å². The van der Waals surface area contributed by atoms with Gasteiger partial charge in [0.25, 0.3) is 11.5 Å². The average molecular weight is 462 g/mol. The Morgan fingerprint density at radius 1 is 1.15 bits per heavy atom. The van der Waals surface area contributed by atoms with E-state index < -0.39 is 0 Å². The quantitative estimate of drug-likeness (QED) is 0.565. The molecule has 0 N–H and O–H groups in total. The van der Waals surface area contributed by atoms with Crippen molar-refractivity contribution in [3.63, 3.8) is 0 Å². The van der Waals surface area contributed by atoms with E-state index in [1.54, 1.807) is 60.7 Å². The third kappa shape index (κ3) is 4.72. The van der Waals surface area contributed by atoms with E-state index in [-0.39, 0.29) is 17.0 Å². The van der Waals surface area contributed by atoms with Gasteiger partial charge in [-0.15, -0.1) is 11.3 Å². The van der Waals surface area contributed by atoms with Gasteiger partial charge in [0.15, 0.2) is 5.57 Å². The fourth-order valence-electron chi connectivity index (χ4n) is 3.57. The number of carbonyl (C=O) groups excluding carboxylic acids is 1. The summed E-state index contributed by atoms with van der Waals surface area (Å²) in [5.41, 5.74) is 0.808. The van der Waals surface area contributed by atoms with Gasteiger partial charge in [0.2, 0.25) is 0 Å². The molecular formula is C24H23N5O3S. The first kappa shape index (κ1) is 22.5. The highest BCUT2D eigenvalue weighted by atomic mass is 32.1. The van der Waals surface area contributed by atoms with Crippen molar-refractivity contribution < 1.29 is 9.53 Å². The Morgan fingerprint density at radius 2 is 1.88 bits per heavy atom. The number of ether oxygens (including phenoxy) is 1. The Morgan fingerprint density at radius 3 is 2.48 bits per heavy atom. The highest BCUT2D eigenvalue weighted by molar-refractivity contribution is 7.07. The normalized spacial score (nSPS) is 15.8. The Labute approximate surface area is 194 Å². The molecule has 0 radical (unpaired) electrons. The number of pyridine rings is 1. The molecular weight excluding hydrogens is 438 g/mol. The van der Waals surface area contributed by atoms with E-state index in [9.17, 15) is 14.9 Å². The number of benzene rings is 1. The van der Waals surface area contributed by atoms with Gasteiger partial charge in [-0.25, -0.2) is 0 Å². The van der Waals surface area contributed by atoms with Crippen molar-refractivity contribution in [1.29, 1.82) is 5.26 Å². The molecule has 9 heteroatoms. The molecule has 1 aliphatic rings. The molecule has 1 aromatic carbocycles. The van der Waals surface area contributed by atoms with Gasteiger partial charge in [0.1, 0.15) is 16.5 Å². The van der Waals surface area contributed by atoms with Crippen LogP contribution in [0.25, 0.3) is 17.3 Å². The van der Waals surface area contributed by atoms with E-state index in [0.717, 1.165) is 24.4 Å². The number of hydrogen-bond donors (Lipinski definition) is 0. The van der Waals surface area contributed by atoms with Crippen LogP contribution in [0.1, 0.15) is 5.69 Å². The van der Waals surface area contributed by atoms with E-state index in [4.69, 9.17) is 4.74 Å². The zero-order chi connectivity index (χ0) is 23.4. The third-order valence-corrected chi connectivity index (χ3v) is 6.54. The fourth-order valence-corrected chi connectivity index (χ4v) is 4.65. The van der Waals surface area contributed by atoms with Crippen LogP contribution in [0.2, 0.25) is 0 Å².